The Bertz CT molecular complexity index is 967. The Morgan fingerprint density at radius 1 is 1.25 bits per heavy atom. The standard InChI is InChI=1S/C23H21FN2O2/c1-15(2)6-7-16-8-10-17(11-9-16)22-20(13-25)26(21(22)14-27)23(28)18-4-3-5-19(24)12-18/h3-5,8-12,15,20-22,27H,14H2,1-2H3/t20-,21+,22+/m1/s1. The first-order chi connectivity index (χ1) is 13.5. The number of benzene rings is 2. The van der Waals surface area contributed by atoms with Crippen LogP contribution in [0.1, 0.15) is 41.3 Å². The van der Waals surface area contributed by atoms with Gasteiger partial charge in [0.15, 0.2) is 0 Å². The summed E-state index contributed by atoms with van der Waals surface area (Å²) in [5.74, 6) is 5.17. The SMILES string of the molecule is CC(C)C#Cc1ccc([C@H]2[C@@H](C#N)N(C(=O)c3cccc(F)c3)[C@H]2CO)cc1. The molecule has 1 aliphatic heterocycles. The smallest absolute Gasteiger partial charge is 0.255 e. The third-order valence-electron chi connectivity index (χ3n) is 4.84. The topological polar surface area (TPSA) is 64.3 Å². The minimum Gasteiger partial charge on any atom is -0.394 e. The maximum atomic E-state index is 13.5. The summed E-state index contributed by atoms with van der Waals surface area (Å²) < 4.78 is 13.5. The van der Waals surface area contributed by atoms with E-state index in [9.17, 15) is 19.6 Å². The average molecular weight is 376 g/mol. The lowest BCUT2D eigenvalue weighted by atomic mass is 9.75. The van der Waals surface area contributed by atoms with Gasteiger partial charge in [-0.3, -0.25) is 4.79 Å². The van der Waals surface area contributed by atoms with Gasteiger partial charge in [-0.05, 0) is 35.9 Å². The zero-order valence-electron chi connectivity index (χ0n) is 15.8. The van der Waals surface area contributed by atoms with Crippen LogP contribution in [0, 0.1) is 34.9 Å². The molecule has 0 unspecified atom stereocenters. The second-order valence-electron chi connectivity index (χ2n) is 7.12. The number of likely N-dealkylation sites (tertiary alicyclic amines) is 1. The van der Waals surface area contributed by atoms with E-state index in [-0.39, 0.29) is 24.0 Å². The molecule has 0 aliphatic carbocycles. The van der Waals surface area contributed by atoms with Crippen molar-refractivity contribution in [2.45, 2.75) is 31.8 Å². The number of rotatable bonds is 3. The van der Waals surface area contributed by atoms with Gasteiger partial charge in [0.25, 0.3) is 5.91 Å². The van der Waals surface area contributed by atoms with Gasteiger partial charge in [-0.2, -0.15) is 5.26 Å². The van der Waals surface area contributed by atoms with Gasteiger partial charge >= 0.3 is 0 Å². The van der Waals surface area contributed by atoms with Crippen molar-refractivity contribution < 1.29 is 14.3 Å². The molecule has 0 aromatic heterocycles. The number of hydrogen-bond donors (Lipinski definition) is 1. The van der Waals surface area contributed by atoms with Crippen LogP contribution in [-0.4, -0.2) is 34.6 Å². The molecule has 1 amide bonds. The van der Waals surface area contributed by atoms with Gasteiger partial charge in [-0.25, -0.2) is 4.39 Å². The Labute approximate surface area is 164 Å². The lowest BCUT2D eigenvalue weighted by Gasteiger charge is -2.51. The number of halogens is 1. The van der Waals surface area contributed by atoms with Crippen molar-refractivity contribution in [3.8, 4) is 17.9 Å². The fraction of sp³-hybridized carbons (Fsp3) is 0.304. The van der Waals surface area contributed by atoms with E-state index >= 15 is 0 Å². The Morgan fingerprint density at radius 3 is 2.54 bits per heavy atom. The molecule has 28 heavy (non-hydrogen) atoms. The maximum Gasteiger partial charge on any atom is 0.255 e. The van der Waals surface area contributed by atoms with Crippen molar-refractivity contribution in [3.05, 3.63) is 71.0 Å². The van der Waals surface area contributed by atoms with E-state index in [1.165, 1.54) is 23.1 Å². The molecular formula is C23H21FN2O2. The van der Waals surface area contributed by atoms with Crippen LogP contribution in [0.15, 0.2) is 48.5 Å². The highest BCUT2D eigenvalue weighted by Gasteiger charge is 2.51. The Balaban J connectivity index is 1.85. The Hall–Kier alpha value is -3.15. The molecule has 0 bridgehead atoms. The number of carbonyl (C=O) groups is 1. The van der Waals surface area contributed by atoms with Gasteiger partial charge in [-0.1, -0.05) is 43.9 Å². The number of aliphatic hydroxyl groups excluding tert-OH is 1. The number of hydrogen-bond acceptors (Lipinski definition) is 3. The molecule has 1 saturated heterocycles. The van der Waals surface area contributed by atoms with Crippen LogP contribution in [0.5, 0.6) is 0 Å². The fourth-order valence-electron chi connectivity index (χ4n) is 3.47. The second-order valence-corrected chi connectivity index (χ2v) is 7.12. The maximum absolute atomic E-state index is 13.5. The van der Waals surface area contributed by atoms with Crippen LogP contribution in [0.2, 0.25) is 0 Å². The zero-order valence-corrected chi connectivity index (χ0v) is 15.8. The Morgan fingerprint density at radius 2 is 1.96 bits per heavy atom. The molecule has 2 aromatic rings. The summed E-state index contributed by atoms with van der Waals surface area (Å²) >= 11 is 0. The van der Waals surface area contributed by atoms with Gasteiger partial charge in [-0.15, -0.1) is 0 Å². The molecule has 5 heteroatoms. The molecule has 0 spiro atoms. The number of aliphatic hydroxyl groups is 1. The van der Waals surface area contributed by atoms with E-state index in [0.29, 0.717) is 0 Å². The summed E-state index contributed by atoms with van der Waals surface area (Å²) in [6.45, 7) is 3.76. The first-order valence-electron chi connectivity index (χ1n) is 9.16. The summed E-state index contributed by atoms with van der Waals surface area (Å²) in [5.41, 5.74) is 1.90. The van der Waals surface area contributed by atoms with Gasteiger partial charge < -0.3 is 10.0 Å². The summed E-state index contributed by atoms with van der Waals surface area (Å²) in [7, 11) is 0. The van der Waals surface area contributed by atoms with Crippen LogP contribution < -0.4 is 0 Å². The summed E-state index contributed by atoms with van der Waals surface area (Å²) in [6.07, 6.45) is 0. The number of nitrogens with zero attached hydrogens (tertiary/aromatic N) is 2. The van der Waals surface area contributed by atoms with E-state index in [0.717, 1.165) is 17.2 Å². The molecule has 0 radical (unpaired) electrons. The summed E-state index contributed by atoms with van der Waals surface area (Å²) in [6, 6.07) is 13.8. The monoisotopic (exact) mass is 376 g/mol. The van der Waals surface area contributed by atoms with Crippen LogP contribution in [0.25, 0.3) is 0 Å². The number of nitriles is 1. The van der Waals surface area contributed by atoms with E-state index < -0.39 is 23.8 Å². The molecular weight excluding hydrogens is 355 g/mol. The van der Waals surface area contributed by atoms with Crippen LogP contribution >= 0.6 is 0 Å². The molecule has 2 aromatic carbocycles. The normalized spacial score (nSPS) is 20.7. The Kier molecular flexibility index (Phi) is 5.78. The van der Waals surface area contributed by atoms with Crippen molar-refractivity contribution in [2.24, 2.45) is 5.92 Å². The van der Waals surface area contributed by atoms with Crippen LogP contribution in [0.3, 0.4) is 0 Å². The van der Waals surface area contributed by atoms with Gasteiger partial charge in [0.1, 0.15) is 11.9 Å². The predicted molar refractivity (Wildman–Crippen MR) is 104 cm³/mol. The minimum absolute atomic E-state index is 0.163. The third kappa shape index (κ3) is 3.76. The van der Waals surface area contributed by atoms with Crippen LogP contribution in [-0.2, 0) is 0 Å². The second kappa shape index (κ2) is 8.25. The molecule has 0 saturated carbocycles. The highest BCUT2D eigenvalue weighted by Crippen LogP contribution is 2.41. The summed E-state index contributed by atoms with van der Waals surface area (Å²) in [5, 5.41) is 19.5. The third-order valence-corrected chi connectivity index (χ3v) is 4.84. The molecule has 3 rings (SSSR count). The van der Waals surface area contributed by atoms with Crippen molar-refractivity contribution in [2.75, 3.05) is 6.61 Å². The minimum atomic E-state index is -0.722. The molecule has 1 fully saturated rings. The van der Waals surface area contributed by atoms with Gasteiger partial charge in [0.05, 0.1) is 18.7 Å². The molecule has 142 valence electrons. The first kappa shape index (κ1) is 19.6. The van der Waals surface area contributed by atoms with Crippen molar-refractivity contribution in [1.82, 2.24) is 4.90 Å². The lowest BCUT2D eigenvalue weighted by molar-refractivity contribution is -0.00588. The fourth-order valence-corrected chi connectivity index (χ4v) is 3.47. The molecule has 3 atom stereocenters. The first-order valence-corrected chi connectivity index (χ1v) is 9.16. The van der Waals surface area contributed by atoms with Crippen molar-refractivity contribution in [3.63, 3.8) is 0 Å². The van der Waals surface area contributed by atoms with Crippen molar-refractivity contribution >= 4 is 5.91 Å². The number of carbonyl (C=O) groups excluding carboxylic acids is 1. The number of amides is 1. The van der Waals surface area contributed by atoms with Gasteiger partial charge in [0.2, 0.25) is 0 Å². The average Bonchev–Trinajstić information content (AvgIpc) is 2.67. The van der Waals surface area contributed by atoms with E-state index in [2.05, 4.69) is 17.9 Å². The van der Waals surface area contributed by atoms with Crippen molar-refractivity contribution in [1.29, 1.82) is 5.26 Å². The quantitative estimate of drug-likeness (QED) is 0.836. The lowest BCUT2D eigenvalue weighted by Crippen LogP contribution is -2.65. The molecule has 1 heterocycles. The highest BCUT2D eigenvalue weighted by atomic mass is 19.1. The van der Waals surface area contributed by atoms with E-state index in [4.69, 9.17) is 0 Å². The molecule has 1 N–H and O–H groups in total. The highest BCUT2D eigenvalue weighted by molar-refractivity contribution is 5.95. The molecule has 4 nitrogen and oxygen atoms in total. The predicted octanol–water partition coefficient (Wildman–Crippen LogP) is 3.33. The molecule has 1 aliphatic rings. The largest absolute Gasteiger partial charge is 0.394 e. The van der Waals surface area contributed by atoms with Crippen LogP contribution in [0.4, 0.5) is 4.39 Å². The van der Waals surface area contributed by atoms with E-state index in [1.54, 1.807) is 0 Å². The zero-order chi connectivity index (χ0) is 20.3. The van der Waals surface area contributed by atoms with E-state index in [1.807, 2.05) is 38.1 Å². The summed E-state index contributed by atoms with van der Waals surface area (Å²) in [4.78, 5) is 14.1. The van der Waals surface area contributed by atoms with Gasteiger partial charge in [0, 0.05) is 23.0 Å².